The van der Waals surface area contributed by atoms with Crippen molar-refractivity contribution in [1.82, 2.24) is 15.0 Å². The lowest BCUT2D eigenvalue weighted by atomic mass is 10.2. The standard InChI is InChI=1S/C22H16ClN5O/c23-16-9-7-15(8-10-16)21(29)26-17-4-3-5-18(14-17)27-22-25-13-11-20(28-22)19-6-1-2-12-24-19/h1-14H,(H,26,29)(H,25,27,28). The largest absolute Gasteiger partial charge is 0.324 e. The molecule has 7 heteroatoms. The van der Waals surface area contributed by atoms with Crippen molar-refractivity contribution in [1.29, 1.82) is 0 Å². The van der Waals surface area contributed by atoms with Gasteiger partial charge >= 0.3 is 0 Å². The zero-order valence-corrected chi connectivity index (χ0v) is 16.0. The van der Waals surface area contributed by atoms with E-state index in [1.54, 1.807) is 42.7 Å². The van der Waals surface area contributed by atoms with Crippen molar-refractivity contribution in [2.75, 3.05) is 10.6 Å². The van der Waals surface area contributed by atoms with Crippen molar-refractivity contribution in [3.05, 3.63) is 95.8 Å². The number of pyridine rings is 1. The minimum absolute atomic E-state index is 0.216. The predicted octanol–water partition coefficient (Wildman–Crippen LogP) is 5.19. The molecule has 6 nitrogen and oxygen atoms in total. The number of rotatable bonds is 5. The van der Waals surface area contributed by atoms with Gasteiger partial charge in [0.1, 0.15) is 0 Å². The summed E-state index contributed by atoms with van der Waals surface area (Å²) in [6, 6.07) is 21.5. The quantitative estimate of drug-likeness (QED) is 0.481. The summed E-state index contributed by atoms with van der Waals surface area (Å²) in [4.78, 5) is 25.5. The Labute approximate surface area is 172 Å². The van der Waals surface area contributed by atoms with Gasteiger partial charge in [-0.3, -0.25) is 9.78 Å². The van der Waals surface area contributed by atoms with Gasteiger partial charge in [-0.2, -0.15) is 0 Å². The Balaban J connectivity index is 1.49. The fourth-order valence-electron chi connectivity index (χ4n) is 2.68. The average molecular weight is 402 g/mol. The van der Waals surface area contributed by atoms with Crippen LogP contribution in [0.3, 0.4) is 0 Å². The molecule has 2 heterocycles. The van der Waals surface area contributed by atoms with Crippen LogP contribution >= 0.6 is 11.6 Å². The molecule has 2 aromatic carbocycles. The first-order chi connectivity index (χ1) is 14.2. The van der Waals surface area contributed by atoms with Crippen LogP contribution in [0.15, 0.2) is 85.2 Å². The number of aromatic nitrogens is 3. The molecule has 4 rings (SSSR count). The van der Waals surface area contributed by atoms with Gasteiger partial charge in [0.25, 0.3) is 5.91 Å². The van der Waals surface area contributed by atoms with Gasteiger partial charge in [0.2, 0.25) is 5.95 Å². The lowest BCUT2D eigenvalue weighted by molar-refractivity contribution is 0.102. The first-order valence-electron chi connectivity index (χ1n) is 8.86. The fourth-order valence-corrected chi connectivity index (χ4v) is 2.81. The number of amides is 1. The van der Waals surface area contributed by atoms with Gasteiger partial charge < -0.3 is 10.6 Å². The Hall–Kier alpha value is -3.77. The van der Waals surface area contributed by atoms with E-state index < -0.39 is 0 Å². The van der Waals surface area contributed by atoms with Crippen LogP contribution in [0.5, 0.6) is 0 Å². The third kappa shape index (κ3) is 4.75. The topological polar surface area (TPSA) is 79.8 Å². The maximum absolute atomic E-state index is 12.4. The molecule has 142 valence electrons. The highest BCUT2D eigenvalue weighted by molar-refractivity contribution is 6.30. The molecular weight excluding hydrogens is 386 g/mol. The van der Waals surface area contributed by atoms with E-state index in [1.807, 2.05) is 42.5 Å². The summed E-state index contributed by atoms with van der Waals surface area (Å²) < 4.78 is 0. The number of anilines is 3. The zero-order chi connectivity index (χ0) is 20.1. The highest BCUT2D eigenvalue weighted by Gasteiger charge is 2.07. The summed E-state index contributed by atoms with van der Waals surface area (Å²) in [5.74, 6) is 0.224. The van der Waals surface area contributed by atoms with Gasteiger partial charge in [-0.05, 0) is 60.7 Å². The minimum Gasteiger partial charge on any atom is -0.324 e. The van der Waals surface area contributed by atoms with Crippen molar-refractivity contribution >= 4 is 34.8 Å². The smallest absolute Gasteiger partial charge is 0.255 e. The van der Waals surface area contributed by atoms with Gasteiger partial charge in [-0.15, -0.1) is 0 Å². The number of carbonyl (C=O) groups excluding carboxylic acids is 1. The van der Waals surface area contributed by atoms with E-state index in [2.05, 4.69) is 25.6 Å². The maximum Gasteiger partial charge on any atom is 0.255 e. The number of hydrogen-bond donors (Lipinski definition) is 2. The number of hydrogen-bond acceptors (Lipinski definition) is 5. The second-order valence-corrected chi connectivity index (χ2v) is 6.58. The Morgan fingerprint density at radius 2 is 1.62 bits per heavy atom. The van der Waals surface area contributed by atoms with Crippen LogP contribution in [-0.2, 0) is 0 Å². The normalized spacial score (nSPS) is 10.4. The molecule has 0 unspecified atom stereocenters. The van der Waals surface area contributed by atoms with Gasteiger partial charge in [0, 0.05) is 34.4 Å². The molecule has 0 saturated carbocycles. The number of nitrogens with zero attached hydrogens (tertiary/aromatic N) is 3. The molecule has 4 aromatic rings. The van der Waals surface area contributed by atoms with Crippen LogP contribution in [0, 0.1) is 0 Å². The second kappa shape index (κ2) is 8.50. The predicted molar refractivity (Wildman–Crippen MR) is 114 cm³/mol. The monoisotopic (exact) mass is 401 g/mol. The summed E-state index contributed by atoms with van der Waals surface area (Å²) in [7, 11) is 0. The Morgan fingerprint density at radius 3 is 2.41 bits per heavy atom. The van der Waals surface area contributed by atoms with Crippen LogP contribution < -0.4 is 10.6 Å². The van der Waals surface area contributed by atoms with E-state index in [9.17, 15) is 4.79 Å². The summed E-state index contributed by atoms with van der Waals surface area (Å²) in [6.45, 7) is 0. The van der Waals surface area contributed by atoms with E-state index in [0.29, 0.717) is 22.2 Å². The molecular formula is C22H16ClN5O. The molecule has 2 aromatic heterocycles. The molecule has 0 fully saturated rings. The van der Waals surface area contributed by atoms with E-state index in [4.69, 9.17) is 11.6 Å². The first-order valence-corrected chi connectivity index (χ1v) is 9.24. The van der Waals surface area contributed by atoms with E-state index >= 15 is 0 Å². The third-order valence-electron chi connectivity index (χ3n) is 4.07. The molecule has 1 amide bonds. The van der Waals surface area contributed by atoms with Crippen molar-refractivity contribution in [2.24, 2.45) is 0 Å². The van der Waals surface area contributed by atoms with Crippen LogP contribution in [-0.4, -0.2) is 20.9 Å². The second-order valence-electron chi connectivity index (χ2n) is 6.15. The molecule has 2 N–H and O–H groups in total. The summed E-state index contributed by atoms with van der Waals surface area (Å²) in [5.41, 5.74) is 3.41. The Morgan fingerprint density at radius 1 is 0.793 bits per heavy atom. The SMILES string of the molecule is O=C(Nc1cccc(Nc2nccc(-c3ccccn3)n2)c1)c1ccc(Cl)cc1. The first kappa shape index (κ1) is 18.6. The molecule has 0 aliphatic carbocycles. The molecule has 0 aliphatic heterocycles. The maximum atomic E-state index is 12.4. The lowest BCUT2D eigenvalue weighted by Crippen LogP contribution is -2.11. The molecule has 0 spiro atoms. The van der Waals surface area contributed by atoms with Gasteiger partial charge in [0.05, 0.1) is 11.4 Å². The minimum atomic E-state index is -0.216. The number of nitrogens with one attached hydrogen (secondary N) is 2. The van der Waals surface area contributed by atoms with E-state index in [-0.39, 0.29) is 5.91 Å². The summed E-state index contributed by atoms with van der Waals surface area (Å²) >= 11 is 5.87. The van der Waals surface area contributed by atoms with E-state index in [1.165, 1.54) is 0 Å². The molecule has 0 atom stereocenters. The summed E-state index contributed by atoms with van der Waals surface area (Å²) in [6.07, 6.45) is 3.39. The highest BCUT2D eigenvalue weighted by atomic mass is 35.5. The van der Waals surface area contributed by atoms with Crippen LogP contribution in [0.2, 0.25) is 5.02 Å². The van der Waals surface area contributed by atoms with Crippen molar-refractivity contribution in [2.45, 2.75) is 0 Å². The molecule has 0 radical (unpaired) electrons. The average Bonchev–Trinajstić information content (AvgIpc) is 2.75. The number of halogens is 1. The third-order valence-corrected chi connectivity index (χ3v) is 4.32. The fraction of sp³-hybridized carbons (Fsp3) is 0. The molecule has 0 aliphatic rings. The Bertz CT molecular complexity index is 1130. The number of benzene rings is 2. The number of carbonyl (C=O) groups is 1. The summed E-state index contributed by atoms with van der Waals surface area (Å²) in [5, 5.41) is 6.61. The van der Waals surface area contributed by atoms with Crippen LogP contribution in [0.25, 0.3) is 11.4 Å². The lowest BCUT2D eigenvalue weighted by Gasteiger charge is -2.09. The molecule has 29 heavy (non-hydrogen) atoms. The van der Waals surface area contributed by atoms with Crippen LogP contribution in [0.4, 0.5) is 17.3 Å². The zero-order valence-electron chi connectivity index (χ0n) is 15.2. The van der Waals surface area contributed by atoms with Crippen LogP contribution in [0.1, 0.15) is 10.4 Å². The van der Waals surface area contributed by atoms with Gasteiger partial charge in [-0.1, -0.05) is 23.7 Å². The van der Waals surface area contributed by atoms with Gasteiger partial charge in [-0.25, -0.2) is 9.97 Å². The van der Waals surface area contributed by atoms with Gasteiger partial charge in [0.15, 0.2) is 0 Å². The van der Waals surface area contributed by atoms with Crippen molar-refractivity contribution < 1.29 is 4.79 Å². The molecule has 0 bridgehead atoms. The Kier molecular flexibility index (Phi) is 5.45. The van der Waals surface area contributed by atoms with Crippen molar-refractivity contribution in [3.8, 4) is 11.4 Å². The van der Waals surface area contributed by atoms with Crippen molar-refractivity contribution in [3.63, 3.8) is 0 Å². The van der Waals surface area contributed by atoms with E-state index in [0.717, 1.165) is 17.1 Å². The highest BCUT2D eigenvalue weighted by Crippen LogP contribution is 2.21. The molecule has 0 saturated heterocycles.